The summed E-state index contributed by atoms with van der Waals surface area (Å²) in [5.41, 5.74) is 1.98. The van der Waals surface area contributed by atoms with Crippen LogP contribution in [0.2, 0.25) is 0 Å². The van der Waals surface area contributed by atoms with E-state index in [9.17, 15) is 9.59 Å². The smallest absolute Gasteiger partial charge is 0.251 e. The highest BCUT2D eigenvalue weighted by molar-refractivity contribution is 5.96. The van der Waals surface area contributed by atoms with Gasteiger partial charge in [-0.15, -0.1) is 0 Å². The van der Waals surface area contributed by atoms with E-state index >= 15 is 0 Å². The maximum absolute atomic E-state index is 12.1. The zero-order chi connectivity index (χ0) is 19.5. The Bertz CT molecular complexity index is 745. The van der Waals surface area contributed by atoms with Crippen molar-refractivity contribution >= 4 is 23.2 Å². The van der Waals surface area contributed by atoms with E-state index in [0.717, 1.165) is 18.6 Å². The number of carbonyl (C=O) groups excluding carboxylic acids is 2. The Morgan fingerprint density at radius 3 is 2.48 bits per heavy atom. The molecule has 0 unspecified atom stereocenters. The standard InChI is InChI=1S/C21H27N3O3/c1-3-5-13-27-19-11-9-17(10-12-19)24-20(25)15-23-18-8-6-7-16(14-18)21(26)22-4-2/h6-12,14,23H,3-5,13,15H2,1-2H3,(H,22,26)(H,24,25). The number of benzene rings is 2. The predicted octanol–water partition coefficient (Wildman–Crippen LogP) is 3.67. The second kappa shape index (κ2) is 10.9. The van der Waals surface area contributed by atoms with Gasteiger partial charge < -0.3 is 20.7 Å². The molecule has 0 saturated heterocycles. The third-order valence-electron chi connectivity index (χ3n) is 3.82. The van der Waals surface area contributed by atoms with Crippen LogP contribution in [-0.2, 0) is 4.79 Å². The summed E-state index contributed by atoms with van der Waals surface area (Å²) in [6.45, 7) is 5.36. The maximum Gasteiger partial charge on any atom is 0.251 e. The molecule has 6 heteroatoms. The molecule has 0 aliphatic rings. The molecule has 0 aromatic heterocycles. The first-order valence-electron chi connectivity index (χ1n) is 9.27. The monoisotopic (exact) mass is 369 g/mol. The van der Waals surface area contributed by atoms with Crippen molar-refractivity contribution in [1.29, 1.82) is 0 Å². The van der Waals surface area contributed by atoms with Gasteiger partial charge in [-0.3, -0.25) is 9.59 Å². The van der Waals surface area contributed by atoms with Crippen molar-refractivity contribution in [1.82, 2.24) is 5.32 Å². The fraction of sp³-hybridized carbons (Fsp3) is 0.333. The van der Waals surface area contributed by atoms with Gasteiger partial charge in [-0.1, -0.05) is 19.4 Å². The van der Waals surface area contributed by atoms with Crippen LogP contribution in [0.5, 0.6) is 5.75 Å². The summed E-state index contributed by atoms with van der Waals surface area (Å²) in [5.74, 6) is 0.492. The van der Waals surface area contributed by atoms with Gasteiger partial charge >= 0.3 is 0 Å². The Labute approximate surface area is 160 Å². The molecule has 0 radical (unpaired) electrons. The third-order valence-corrected chi connectivity index (χ3v) is 3.82. The molecule has 0 aliphatic carbocycles. The highest BCUT2D eigenvalue weighted by Gasteiger charge is 2.06. The minimum absolute atomic E-state index is 0.105. The number of anilines is 2. The Balaban J connectivity index is 1.82. The molecule has 0 fully saturated rings. The molecule has 6 nitrogen and oxygen atoms in total. The SMILES string of the molecule is CCCCOc1ccc(NC(=O)CNc2cccc(C(=O)NCC)c2)cc1. The first-order valence-corrected chi connectivity index (χ1v) is 9.27. The number of ether oxygens (including phenoxy) is 1. The Morgan fingerprint density at radius 1 is 1.00 bits per heavy atom. The van der Waals surface area contributed by atoms with E-state index in [1.165, 1.54) is 0 Å². The number of unbranched alkanes of at least 4 members (excludes halogenated alkanes) is 1. The van der Waals surface area contributed by atoms with Crippen LogP contribution < -0.4 is 20.7 Å². The summed E-state index contributed by atoms with van der Waals surface area (Å²) < 4.78 is 5.60. The molecule has 0 spiro atoms. The maximum atomic E-state index is 12.1. The molecule has 0 heterocycles. The molecule has 2 aromatic rings. The fourth-order valence-corrected chi connectivity index (χ4v) is 2.39. The van der Waals surface area contributed by atoms with Gasteiger partial charge in [0.25, 0.3) is 5.91 Å². The number of hydrogen-bond acceptors (Lipinski definition) is 4. The molecule has 0 saturated carbocycles. The Hall–Kier alpha value is -3.02. The summed E-state index contributed by atoms with van der Waals surface area (Å²) in [7, 11) is 0. The van der Waals surface area contributed by atoms with E-state index in [2.05, 4.69) is 22.9 Å². The lowest BCUT2D eigenvalue weighted by molar-refractivity contribution is -0.114. The van der Waals surface area contributed by atoms with Gasteiger partial charge in [0.1, 0.15) is 5.75 Å². The van der Waals surface area contributed by atoms with E-state index in [1.54, 1.807) is 18.2 Å². The first-order chi connectivity index (χ1) is 13.1. The third kappa shape index (κ3) is 7.01. The number of carbonyl (C=O) groups is 2. The van der Waals surface area contributed by atoms with Crippen LogP contribution in [0.15, 0.2) is 48.5 Å². The minimum atomic E-state index is -0.168. The second-order valence-electron chi connectivity index (χ2n) is 6.07. The molecule has 3 N–H and O–H groups in total. The highest BCUT2D eigenvalue weighted by atomic mass is 16.5. The van der Waals surface area contributed by atoms with Gasteiger partial charge in [0.15, 0.2) is 0 Å². The van der Waals surface area contributed by atoms with E-state index in [-0.39, 0.29) is 18.4 Å². The quantitative estimate of drug-likeness (QED) is 0.558. The molecule has 0 atom stereocenters. The molecular formula is C21H27N3O3. The molecule has 2 amide bonds. The van der Waals surface area contributed by atoms with Crippen molar-refractivity contribution in [3.05, 3.63) is 54.1 Å². The van der Waals surface area contributed by atoms with Crippen LogP contribution in [0.3, 0.4) is 0 Å². The van der Waals surface area contributed by atoms with Gasteiger partial charge in [0.2, 0.25) is 5.91 Å². The Morgan fingerprint density at radius 2 is 1.78 bits per heavy atom. The first kappa shape index (κ1) is 20.3. The van der Waals surface area contributed by atoms with Crippen LogP contribution in [0.4, 0.5) is 11.4 Å². The predicted molar refractivity (Wildman–Crippen MR) is 108 cm³/mol. The second-order valence-corrected chi connectivity index (χ2v) is 6.07. The lowest BCUT2D eigenvalue weighted by Gasteiger charge is -2.10. The summed E-state index contributed by atoms with van der Waals surface area (Å²) in [6.07, 6.45) is 2.11. The van der Waals surface area contributed by atoms with E-state index in [0.29, 0.717) is 30.1 Å². The van der Waals surface area contributed by atoms with Gasteiger partial charge in [0, 0.05) is 23.5 Å². The van der Waals surface area contributed by atoms with Gasteiger partial charge in [-0.05, 0) is 55.8 Å². The van der Waals surface area contributed by atoms with Crippen LogP contribution >= 0.6 is 0 Å². The zero-order valence-corrected chi connectivity index (χ0v) is 15.9. The van der Waals surface area contributed by atoms with E-state index < -0.39 is 0 Å². The van der Waals surface area contributed by atoms with E-state index in [1.807, 2.05) is 37.3 Å². The normalized spacial score (nSPS) is 10.1. The molecule has 2 aromatic carbocycles. The molecular weight excluding hydrogens is 342 g/mol. The number of hydrogen-bond donors (Lipinski definition) is 3. The summed E-state index contributed by atoms with van der Waals surface area (Å²) in [5, 5.41) is 8.61. The largest absolute Gasteiger partial charge is 0.494 e. The van der Waals surface area contributed by atoms with Gasteiger partial charge in [-0.25, -0.2) is 0 Å². The molecule has 0 bridgehead atoms. The van der Waals surface area contributed by atoms with Crippen molar-refractivity contribution in [3.63, 3.8) is 0 Å². The lowest BCUT2D eigenvalue weighted by atomic mass is 10.2. The number of amides is 2. The topological polar surface area (TPSA) is 79.5 Å². The molecule has 0 aliphatic heterocycles. The van der Waals surface area contributed by atoms with Crippen molar-refractivity contribution < 1.29 is 14.3 Å². The van der Waals surface area contributed by atoms with Crippen LogP contribution in [0, 0.1) is 0 Å². The summed E-state index contributed by atoms with van der Waals surface area (Å²) in [4.78, 5) is 24.0. The fourth-order valence-electron chi connectivity index (χ4n) is 2.39. The van der Waals surface area contributed by atoms with Crippen molar-refractivity contribution in [2.45, 2.75) is 26.7 Å². The zero-order valence-electron chi connectivity index (χ0n) is 15.9. The van der Waals surface area contributed by atoms with Crippen LogP contribution in [0.1, 0.15) is 37.0 Å². The molecule has 144 valence electrons. The van der Waals surface area contributed by atoms with E-state index in [4.69, 9.17) is 4.74 Å². The number of nitrogens with one attached hydrogen (secondary N) is 3. The minimum Gasteiger partial charge on any atom is -0.494 e. The summed E-state index contributed by atoms with van der Waals surface area (Å²) >= 11 is 0. The summed E-state index contributed by atoms with van der Waals surface area (Å²) in [6, 6.07) is 14.4. The molecule has 2 rings (SSSR count). The van der Waals surface area contributed by atoms with Gasteiger partial charge in [0.05, 0.1) is 13.2 Å². The average Bonchev–Trinajstić information content (AvgIpc) is 2.68. The number of rotatable bonds is 10. The van der Waals surface area contributed by atoms with Crippen molar-refractivity contribution in [2.24, 2.45) is 0 Å². The van der Waals surface area contributed by atoms with Crippen LogP contribution in [-0.4, -0.2) is 31.5 Å². The molecule has 27 heavy (non-hydrogen) atoms. The highest BCUT2D eigenvalue weighted by Crippen LogP contribution is 2.16. The van der Waals surface area contributed by atoms with Crippen LogP contribution in [0.25, 0.3) is 0 Å². The average molecular weight is 369 g/mol. The van der Waals surface area contributed by atoms with Gasteiger partial charge in [-0.2, -0.15) is 0 Å². The Kier molecular flexibility index (Phi) is 8.16. The lowest BCUT2D eigenvalue weighted by Crippen LogP contribution is -2.23. The van der Waals surface area contributed by atoms with Crippen molar-refractivity contribution in [2.75, 3.05) is 30.3 Å². The van der Waals surface area contributed by atoms with Crippen molar-refractivity contribution in [3.8, 4) is 5.75 Å².